The van der Waals surface area contributed by atoms with Crippen LogP contribution >= 0.6 is 0 Å². The average molecular weight is 746 g/mol. The lowest BCUT2D eigenvalue weighted by molar-refractivity contribution is 0.668. The molecule has 0 amide bonds. The molecule has 0 N–H and O–H groups in total. The highest BCUT2D eigenvalue weighted by atomic mass is 16.3. The van der Waals surface area contributed by atoms with Gasteiger partial charge in [-0.25, -0.2) is 0 Å². The van der Waals surface area contributed by atoms with Gasteiger partial charge >= 0.3 is 0 Å². The maximum Gasteiger partial charge on any atom is 0.136 e. The van der Waals surface area contributed by atoms with Crippen molar-refractivity contribution in [1.82, 2.24) is 9.13 Å². The summed E-state index contributed by atoms with van der Waals surface area (Å²) in [6.45, 7) is 0. The number of hydrogen-bond acceptors (Lipinski definition) is 2. The Labute approximate surface area is 339 Å². The monoisotopic (exact) mass is 745 g/mol. The molecule has 0 bridgehead atoms. The summed E-state index contributed by atoms with van der Waals surface area (Å²) in [5.74, 6) is 0. The first-order valence-corrected chi connectivity index (χ1v) is 19.3. The molecule has 13 rings (SSSR count). The fourth-order valence-corrected chi connectivity index (χ4v) is 9.26. The van der Waals surface area contributed by atoms with Crippen molar-refractivity contribution in [1.29, 1.82) is 0 Å². The third-order valence-corrected chi connectivity index (χ3v) is 11.8. The number of benzene rings is 9. The van der Waals surface area contributed by atoms with E-state index in [-0.39, 0.29) is 29.7 Å². The van der Waals surface area contributed by atoms with Gasteiger partial charge in [-0.15, -0.1) is 0 Å². The topological polar surface area (TPSA) is 36.1 Å². The van der Waals surface area contributed by atoms with Gasteiger partial charge < -0.3 is 18.0 Å². The zero-order valence-electron chi connectivity index (χ0n) is 35.8. The second-order valence-electron chi connectivity index (χ2n) is 14.9. The number of hydrogen-bond donors (Lipinski definition) is 0. The van der Waals surface area contributed by atoms with Crippen LogP contribution in [0.5, 0.6) is 0 Å². The molecule has 0 aliphatic carbocycles. The maximum atomic E-state index is 8.77. The van der Waals surface area contributed by atoms with Crippen LogP contribution in [0.2, 0.25) is 0 Å². The van der Waals surface area contributed by atoms with Gasteiger partial charge in [0.2, 0.25) is 0 Å². The van der Waals surface area contributed by atoms with Crippen LogP contribution in [0, 0.1) is 0 Å². The number of aromatic nitrogens is 2. The van der Waals surface area contributed by atoms with Crippen molar-refractivity contribution in [3.05, 3.63) is 194 Å². The molecule has 4 heteroatoms. The first kappa shape index (κ1) is 26.9. The Bertz CT molecular complexity index is 4090. The fraction of sp³-hybridized carbons (Fsp3) is 0. The molecule has 0 radical (unpaired) electrons. The van der Waals surface area contributed by atoms with E-state index in [1.807, 2.05) is 30.3 Å². The van der Waals surface area contributed by atoms with Gasteiger partial charge in [0.05, 0.1) is 28.9 Å². The van der Waals surface area contributed by atoms with Crippen molar-refractivity contribution in [2.45, 2.75) is 0 Å². The summed E-state index contributed by atoms with van der Waals surface area (Å²) in [5, 5.41) is 8.27. The van der Waals surface area contributed by atoms with E-state index in [9.17, 15) is 0 Å². The molecule has 13 aromatic rings. The van der Waals surface area contributed by atoms with Gasteiger partial charge in [-0.05, 0) is 107 Å². The van der Waals surface area contributed by atoms with E-state index >= 15 is 0 Å². The second kappa shape index (κ2) is 11.8. The Hall–Kier alpha value is -7.82. The lowest BCUT2D eigenvalue weighted by Crippen LogP contribution is -1.94. The number of rotatable bonds is 4. The molecular formula is C54H32N2O2. The fourth-order valence-electron chi connectivity index (χ4n) is 9.26. The zero-order chi connectivity index (χ0) is 42.2. The molecule has 58 heavy (non-hydrogen) atoms. The van der Waals surface area contributed by atoms with E-state index in [0.29, 0.717) is 22.1 Å². The molecule has 4 aromatic heterocycles. The summed E-state index contributed by atoms with van der Waals surface area (Å²) in [4.78, 5) is 0. The van der Waals surface area contributed by atoms with Crippen LogP contribution in [0.3, 0.4) is 0 Å². The minimum Gasteiger partial charge on any atom is -0.456 e. The molecule has 4 nitrogen and oxygen atoms in total. The first-order valence-electron chi connectivity index (χ1n) is 21.8. The third kappa shape index (κ3) is 4.45. The van der Waals surface area contributed by atoms with Gasteiger partial charge in [0.1, 0.15) is 22.3 Å². The summed E-state index contributed by atoms with van der Waals surface area (Å²) in [7, 11) is 0. The Kier molecular flexibility index (Phi) is 5.49. The predicted octanol–water partition coefficient (Wildman–Crippen LogP) is 15.0. The normalized spacial score (nSPS) is 13.3. The van der Waals surface area contributed by atoms with Crippen LogP contribution in [0.4, 0.5) is 0 Å². The molecule has 0 aliphatic heterocycles. The highest BCUT2D eigenvalue weighted by Crippen LogP contribution is 2.42. The van der Waals surface area contributed by atoms with E-state index in [1.165, 1.54) is 10.8 Å². The van der Waals surface area contributed by atoms with Gasteiger partial charge in [0.15, 0.2) is 0 Å². The van der Waals surface area contributed by atoms with Gasteiger partial charge in [0, 0.05) is 54.5 Å². The van der Waals surface area contributed by atoms with Crippen LogP contribution in [-0.2, 0) is 0 Å². The van der Waals surface area contributed by atoms with Gasteiger partial charge in [-0.3, -0.25) is 0 Å². The van der Waals surface area contributed by atoms with E-state index in [4.69, 9.17) is 15.7 Å². The number of furan rings is 2. The van der Waals surface area contributed by atoms with Gasteiger partial charge in [0.25, 0.3) is 0 Å². The second-order valence-corrected chi connectivity index (χ2v) is 14.9. The van der Waals surface area contributed by atoms with Crippen molar-refractivity contribution >= 4 is 87.5 Å². The van der Waals surface area contributed by atoms with Crippen LogP contribution in [-0.4, -0.2) is 9.13 Å². The van der Waals surface area contributed by atoms with E-state index in [2.05, 4.69) is 130 Å². The molecule has 9 aromatic carbocycles. The van der Waals surface area contributed by atoms with E-state index in [1.54, 1.807) is 12.1 Å². The smallest absolute Gasteiger partial charge is 0.136 e. The SMILES string of the molecule is [2H]c1c([2H])c([2H])c(-c2cccc3oc4ccc(-n5c6ccccc6c6cc(-c7ccc8c(c7)c7ccccc7n8-c7ccc8oc9ccccc9c8c7)ccc65)cc4c23)c([2H])c1[2H]. The van der Waals surface area contributed by atoms with Crippen LogP contribution in [0.1, 0.15) is 6.85 Å². The summed E-state index contributed by atoms with van der Waals surface area (Å²) in [6.07, 6.45) is 0. The molecule has 4 heterocycles. The van der Waals surface area contributed by atoms with Crippen molar-refractivity contribution in [2.24, 2.45) is 0 Å². The molecule has 0 fully saturated rings. The summed E-state index contributed by atoms with van der Waals surface area (Å²) < 4.78 is 59.6. The van der Waals surface area contributed by atoms with E-state index < -0.39 is 6.04 Å². The molecule has 0 saturated carbocycles. The highest BCUT2D eigenvalue weighted by molar-refractivity contribution is 6.15. The molecule has 0 unspecified atom stereocenters. The lowest BCUT2D eigenvalue weighted by Gasteiger charge is -2.10. The summed E-state index contributed by atoms with van der Waals surface area (Å²) >= 11 is 0. The zero-order valence-corrected chi connectivity index (χ0v) is 30.8. The quantitative estimate of drug-likeness (QED) is 0.180. The molecule has 0 atom stereocenters. The summed E-state index contributed by atoms with van der Waals surface area (Å²) in [6, 6.07) is 55.0. The minimum absolute atomic E-state index is 0.149. The Morgan fingerprint density at radius 1 is 0.345 bits per heavy atom. The number of para-hydroxylation sites is 3. The Balaban J connectivity index is 0.968. The lowest BCUT2D eigenvalue weighted by atomic mass is 9.99. The minimum atomic E-state index is -0.420. The Morgan fingerprint density at radius 2 is 0.862 bits per heavy atom. The van der Waals surface area contributed by atoms with Crippen LogP contribution in [0.25, 0.3) is 121 Å². The molecule has 270 valence electrons. The largest absolute Gasteiger partial charge is 0.456 e. The van der Waals surface area contributed by atoms with E-state index in [0.717, 1.165) is 82.7 Å². The number of nitrogens with zero attached hydrogens (tertiary/aromatic N) is 2. The van der Waals surface area contributed by atoms with Gasteiger partial charge in [-0.1, -0.05) is 109 Å². The average Bonchev–Trinajstić information content (AvgIpc) is 4.07. The Morgan fingerprint density at radius 3 is 1.53 bits per heavy atom. The van der Waals surface area contributed by atoms with Gasteiger partial charge in [-0.2, -0.15) is 0 Å². The third-order valence-electron chi connectivity index (χ3n) is 11.8. The van der Waals surface area contributed by atoms with Crippen LogP contribution < -0.4 is 0 Å². The molecule has 0 spiro atoms. The molecular weight excluding hydrogens is 709 g/mol. The van der Waals surface area contributed by atoms with Crippen LogP contribution in [0.15, 0.2) is 203 Å². The van der Waals surface area contributed by atoms with Crippen molar-refractivity contribution < 1.29 is 15.7 Å². The van der Waals surface area contributed by atoms with Crippen molar-refractivity contribution in [3.8, 4) is 33.6 Å². The van der Waals surface area contributed by atoms with Crippen molar-refractivity contribution in [2.75, 3.05) is 0 Å². The maximum absolute atomic E-state index is 8.77. The standard InChI is InChI=1S/C54H32N2O2/c1-2-11-33(12-3-1)38-16-10-20-53-54(38)45-32-37(24-28-52(45)58-53)56-47-18-8-5-14-40(47)43-30-35(22-26-49(43)56)34-21-25-48-42(29-34)39-13-4-7-17-46(39)55(48)36-23-27-51-44(31-36)41-15-6-9-19-50(41)57-51/h1-32H/i1D,2D,3D,11D,12D. The number of fused-ring (bicyclic) bond motifs is 12. The molecule has 0 aliphatic rings. The first-order chi connectivity index (χ1) is 30.8. The van der Waals surface area contributed by atoms with Crippen molar-refractivity contribution in [3.63, 3.8) is 0 Å². The molecule has 0 saturated heterocycles. The summed E-state index contributed by atoms with van der Waals surface area (Å²) in [5.41, 5.74) is 12.2. The predicted molar refractivity (Wildman–Crippen MR) is 241 cm³/mol. The highest BCUT2D eigenvalue weighted by Gasteiger charge is 2.19.